The average molecular weight is 193 g/mol. The Bertz CT molecular complexity index is 375. The first-order chi connectivity index (χ1) is 6.61. The lowest BCUT2D eigenvalue weighted by Crippen LogP contribution is -2.14. The van der Waals surface area contributed by atoms with E-state index < -0.39 is 5.97 Å². The molecule has 3 nitrogen and oxygen atoms in total. The van der Waals surface area contributed by atoms with Crippen LogP contribution < -0.4 is 0 Å². The van der Waals surface area contributed by atoms with Gasteiger partial charge in [-0.2, -0.15) is 0 Å². The van der Waals surface area contributed by atoms with Gasteiger partial charge in [-0.05, 0) is 37.3 Å². The van der Waals surface area contributed by atoms with Crippen LogP contribution in [0.5, 0.6) is 0 Å². The van der Waals surface area contributed by atoms with Crippen LogP contribution in [-0.4, -0.2) is 15.6 Å². The average Bonchev–Trinajstić information content (AvgIpc) is 2.24. The molecule has 1 saturated carbocycles. The van der Waals surface area contributed by atoms with Crippen molar-refractivity contribution in [3.05, 3.63) is 23.0 Å². The minimum Gasteiger partial charge on any atom is -0.477 e. The van der Waals surface area contributed by atoms with E-state index in [1.165, 1.54) is 6.42 Å². The highest BCUT2D eigenvalue weighted by Gasteiger charge is 2.27. The third-order valence-corrected chi connectivity index (χ3v) is 3.25. The fraction of sp³-hybridized carbons (Fsp3) is 0.545. The van der Waals surface area contributed by atoms with Gasteiger partial charge < -0.3 is 9.67 Å². The van der Waals surface area contributed by atoms with Gasteiger partial charge in [0.1, 0.15) is 5.69 Å². The quantitative estimate of drug-likeness (QED) is 0.783. The Hall–Kier alpha value is -1.25. The number of aromatic carboxylic acids is 1. The summed E-state index contributed by atoms with van der Waals surface area (Å²) >= 11 is 0. The molecule has 2 rings (SSSR count). The second kappa shape index (κ2) is 3.15. The lowest BCUT2D eigenvalue weighted by Gasteiger charge is -2.25. The third kappa shape index (κ3) is 1.24. The maximum Gasteiger partial charge on any atom is 0.352 e. The molecule has 0 aromatic carbocycles. The predicted molar refractivity (Wildman–Crippen MR) is 53.7 cm³/mol. The van der Waals surface area contributed by atoms with Crippen molar-refractivity contribution in [3.8, 4) is 0 Å². The third-order valence-electron chi connectivity index (χ3n) is 3.25. The summed E-state index contributed by atoms with van der Waals surface area (Å²) in [5.41, 5.74) is 2.54. The molecule has 14 heavy (non-hydrogen) atoms. The molecule has 0 aliphatic heterocycles. The van der Waals surface area contributed by atoms with Crippen LogP contribution in [0.3, 0.4) is 0 Å². The molecule has 1 aliphatic carbocycles. The molecule has 1 heterocycles. The van der Waals surface area contributed by atoms with E-state index in [1.54, 1.807) is 4.57 Å². The topological polar surface area (TPSA) is 42.2 Å². The van der Waals surface area contributed by atoms with E-state index in [4.69, 9.17) is 5.11 Å². The molecule has 0 bridgehead atoms. The van der Waals surface area contributed by atoms with Gasteiger partial charge in [-0.1, -0.05) is 6.42 Å². The summed E-state index contributed by atoms with van der Waals surface area (Å²) in [6.07, 6.45) is 3.52. The van der Waals surface area contributed by atoms with Crippen LogP contribution in [0.2, 0.25) is 0 Å². The van der Waals surface area contributed by atoms with Crippen LogP contribution in [0, 0.1) is 6.92 Å². The van der Waals surface area contributed by atoms with Crippen molar-refractivity contribution in [2.24, 2.45) is 7.05 Å². The molecule has 1 N–H and O–H groups in total. The maximum atomic E-state index is 11.1. The molecule has 0 amide bonds. The summed E-state index contributed by atoms with van der Waals surface area (Å²) in [6.45, 7) is 1.95. The maximum absolute atomic E-state index is 11.1. The van der Waals surface area contributed by atoms with Crippen LogP contribution in [-0.2, 0) is 7.05 Å². The Labute approximate surface area is 83.4 Å². The Kier molecular flexibility index (Phi) is 2.10. The van der Waals surface area contributed by atoms with E-state index in [0.717, 1.165) is 24.1 Å². The van der Waals surface area contributed by atoms with E-state index in [9.17, 15) is 4.79 Å². The summed E-state index contributed by atoms with van der Waals surface area (Å²) < 4.78 is 1.77. The molecule has 76 valence electrons. The lowest BCUT2D eigenvalue weighted by atomic mass is 9.80. The van der Waals surface area contributed by atoms with Crippen molar-refractivity contribution in [2.45, 2.75) is 32.1 Å². The van der Waals surface area contributed by atoms with Crippen LogP contribution in [0.4, 0.5) is 0 Å². The molecular formula is C11H15NO2. The van der Waals surface area contributed by atoms with Crippen LogP contribution in [0.25, 0.3) is 0 Å². The first kappa shape index (κ1) is 9.31. The molecule has 1 fully saturated rings. The first-order valence-corrected chi connectivity index (χ1v) is 5.00. The Morgan fingerprint density at radius 1 is 1.57 bits per heavy atom. The number of carbonyl (C=O) groups is 1. The molecule has 0 saturated heterocycles. The normalized spacial score (nSPS) is 16.7. The van der Waals surface area contributed by atoms with Crippen molar-refractivity contribution in [1.82, 2.24) is 4.57 Å². The molecule has 0 radical (unpaired) electrons. The van der Waals surface area contributed by atoms with E-state index >= 15 is 0 Å². The Morgan fingerprint density at radius 2 is 2.21 bits per heavy atom. The minimum atomic E-state index is -0.803. The molecule has 0 atom stereocenters. The number of hydrogen-bond donors (Lipinski definition) is 1. The van der Waals surface area contributed by atoms with Crippen molar-refractivity contribution >= 4 is 5.97 Å². The van der Waals surface area contributed by atoms with Crippen molar-refractivity contribution in [2.75, 3.05) is 0 Å². The van der Waals surface area contributed by atoms with E-state index in [1.807, 2.05) is 20.0 Å². The lowest BCUT2D eigenvalue weighted by molar-refractivity contribution is 0.0683. The predicted octanol–water partition coefficient (Wildman–Crippen LogP) is 2.30. The Balaban J connectivity index is 2.47. The van der Waals surface area contributed by atoms with Gasteiger partial charge in [0, 0.05) is 12.7 Å². The highest BCUT2D eigenvalue weighted by molar-refractivity contribution is 5.88. The molecule has 0 spiro atoms. The zero-order valence-corrected chi connectivity index (χ0v) is 8.58. The summed E-state index contributed by atoms with van der Waals surface area (Å²) in [5.74, 6) is -0.316. The van der Waals surface area contributed by atoms with Gasteiger partial charge in [0.15, 0.2) is 0 Å². The molecule has 1 aliphatic rings. The Morgan fingerprint density at radius 3 is 2.64 bits per heavy atom. The van der Waals surface area contributed by atoms with Crippen molar-refractivity contribution in [1.29, 1.82) is 0 Å². The number of carboxylic acid groups (broad SMARTS) is 1. The number of hydrogen-bond acceptors (Lipinski definition) is 1. The van der Waals surface area contributed by atoms with Gasteiger partial charge >= 0.3 is 5.97 Å². The van der Waals surface area contributed by atoms with Gasteiger partial charge in [-0.3, -0.25) is 0 Å². The van der Waals surface area contributed by atoms with Crippen molar-refractivity contribution in [3.63, 3.8) is 0 Å². The molecule has 1 aromatic rings. The van der Waals surface area contributed by atoms with Gasteiger partial charge in [0.25, 0.3) is 0 Å². The number of rotatable bonds is 2. The summed E-state index contributed by atoms with van der Waals surface area (Å²) in [5, 5.41) is 9.11. The summed E-state index contributed by atoms with van der Waals surface area (Å²) in [7, 11) is 1.82. The number of aryl methyl sites for hydroxylation is 1. The van der Waals surface area contributed by atoms with Gasteiger partial charge in [-0.15, -0.1) is 0 Å². The SMILES string of the molecule is Cc1cc(C2CCC2)c(C(=O)O)n1C. The van der Waals surface area contributed by atoms with Gasteiger partial charge in [0.05, 0.1) is 0 Å². The van der Waals surface area contributed by atoms with Gasteiger partial charge in [0.2, 0.25) is 0 Å². The van der Waals surface area contributed by atoms with Crippen molar-refractivity contribution < 1.29 is 9.90 Å². The fourth-order valence-electron chi connectivity index (χ4n) is 2.06. The zero-order valence-electron chi connectivity index (χ0n) is 8.58. The van der Waals surface area contributed by atoms with E-state index in [0.29, 0.717) is 11.6 Å². The highest BCUT2D eigenvalue weighted by atomic mass is 16.4. The monoisotopic (exact) mass is 193 g/mol. The van der Waals surface area contributed by atoms with Crippen LogP contribution >= 0.6 is 0 Å². The van der Waals surface area contributed by atoms with Crippen LogP contribution in [0.15, 0.2) is 6.07 Å². The van der Waals surface area contributed by atoms with Gasteiger partial charge in [-0.25, -0.2) is 4.79 Å². The molecule has 0 unspecified atom stereocenters. The fourth-order valence-corrected chi connectivity index (χ4v) is 2.06. The number of nitrogens with zero attached hydrogens (tertiary/aromatic N) is 1. The number of carboxylic acids is 1. The summed E-state index contributed by atoms with van der Waals surface area (Å²) in [6, 6.07) is 2.02. The first-order valence-electron chi connectivity index (χ1n) is 5.00. The zero-order chi connectivity index (χ0) is 10.3. The smallest absolute Gasteiger partial charge is 0.352 e. The second-order valence-electron chi connectivity index (χ2n) is 4.08. The minimum absolute atomic E-state index is 0.479. The number of aromatic nitrogens is 1. The van der Waals surface area contributed by atoms with E-state index in [2.05, 4.69) is 0 Å². The second-order valence-corrected chi connectivity index (χ2v) is 4.08. The molecule has 3 heteroatoms. The largest absolute Gasteiger partial charge is 0.477 e. The van der Waals surface area contributed by atoms with E-state index in [-0.39, 0.29) is 0 Å². The van der Waals surface area contributed by atoms with Crippen LogP contribution in [0.1, 0.15) is 46.9 Å². The molecule has 1 aromatic heterocycles. The summed E-state index contributed by atoms with van der Waals surface area (Å²) in [4.78, 5) is 11.1. The standard InChI is InChI=1S/C11H15NO2/c1-7-6-9(8-4-3-5-8)10(11(13)14)12(7)2/h6,8H,3-5H2,1-2H3,(H,13,14). The molecular weight excluding hydrogens is 178 g/mol. The highest BCUT2D eigenvalue weighted by Crippen LogP contribution is 2.38.